The third kappa shape index (κ3) is 4.20. The van der Waals surface area contributed by atoms with E-state index in [1.807, 2.05) is 32.0 Å². The number of ether oxygens (including phenoxy) is 1. The Morgan fingerprint density at radius 3 is 2.44 bits per heavy atom. The lowest BCUT2D eigenvalue weighted by atomic mass is 10.1. The van der Waals surface area contributed by atoms with Crippen molar-refractivity contribution >= 4 is 23.6 Å². The van der Waals surface area contributed by atoms with Crippen molar-refractivity contribution in [3.05, 3.63) is 63.2 Å². The fourth-order valence-corrected chi connectivity index (χ4v) is 2.33. The smallest absolute Gasteiger partial charge is 0.311 e. The number of hydrogen-bond acceptors (Lipinski definition) is 5. The normalized spacial score (nSPS) is 11.5. The van der Waals surface area contributed by atoms with E-state index in [0.29, 0.717) is 12.0 Å². The highest BCUT2D eigenvalue weighted by molar-refractivity contribution is 5.95. The summed E-state index contributed by atoms with van der Waals surface area (Å²) in [6.07, 6.45) is -0.451. The van der Waals surface area contributed by atoms with E-state index in [4.69, 9.17) is 4.74 Å². The van der Waals surface area contributed by atoms with Gasteiger partial charge in [0.15, 0.2) is 11.9 Å². The minimum absolute atomic E-state index is 0.0697. The zero-order valence-electron chi connectivity index (χ0n) is 14.1. The number of nitro benzene ring substituents is 1. The molecule has 1 atom stereocenters. The number of benzene rings is 2. The van der Waals surface area contributed by atoms with Gasteiger partial charge in [-0.15, -0.1) is 0 Å². The fourth-order valence-electron chi connectivity index (χ4n) is 2.33. The van der Waals surface area contributed by atoms with Gasteiger partial charge in [0.05, 0.1) is 4.92 Å². The Balaban J connectivity index is 2.19. The highest BCUT2D eigenvalue weighted by Gasteiger charge is 2.22. The molecule has 0 fully saturated rings. The van der Waals surface area contributed by atoms with Crippen LogP contribution in [-0.4, -0.2) is 23.2 Å². The first-order chi connectivity index (χ1) is 11.8. The van der Waals surface area contributed by atoms with Crippen LogP contribution in [0.2, 0.25) is 0 Å². The molecule has 0 saturated carbocycles. The van der Waals surface area contributed by atoms with Crippen LogP contribution in [0.4, 0.5) is 11.4 Å². The number of rotatable bonds is 6. The second-order valence-electron chi connectivity index (χ2n) is 5.62. The van der Waals surface area contributed by atoms with Crippen molar-refractivity contribution in [3.8, 4) is 5.75 Å². The lowest BCUT2D eigenvalue weighted by Crippen LogP contribution is -2.30. The quantitative estimate of drug-likeness (QED) is 0.492. The van der Waals surface area contributed by atoms with Crippen molar-refractivity contribution in [2.45, 2.75) is 26.9 Å². The summed E-state index contributed by atoms with van der Waals surface area (Å²) in [5.74, 6) is -0.495. The predicted octanol–water partition coefficient (Wildman–Crippen LogP) is 3.43. The summed E-state index contributed by atoms with van der Waals surface area (Å²) in [4.78, 5) is 33.6. The van der Waals surface area contributed by atoms with Gasteiger partial charge in [-0.1, -0.05) is 18.2 Å². The maximum Gasteiger partial charge on any atom is 0.311 e. The van der Waals surface area contributed by atoms with Gasteiger partial charge in [0.2, 0.25) is 0 Å². The van der Waals surface area contributed by atoms with E-state index < -0.39 is 16.9 Å². The van der Waals surface area contributed by atoms with E-state index in [1.54, 1.807) is 0 Å². The molecule has 0 radical (unpaired) electrons. The van der Waals surface area contributed by atoms with Crippen LogP contribution in [0.3, 0.4) is 0 Å². The standard InChI is InChI=1S/C18H18N2O5/c1-11-5-4-6-12(2)17(11)19-18(22)13(3)25-16-8-7-14(10-21)9-15(16)20(23)24/h4-10,13H,1-3H3,(H,19,22)/t13-/m1/s1. The number of aldehydes is 1. The molecule has 2 aromatic carbocycles. The summed E-state index contributed by atoms with van der Waals surface area (Å²) in [6, 6.07) is 9.45. The molecular weight excluding hydrogens is 324 g/mol. The number of aryl methyl sites for hydroxylation is 2. The van der Waals surface area contributed by atoms with Crippen molar-refractivity contribution in [1.29, 1.82) is 0 Å². The monoisotopic (exact) mass is 342 g/mol. The number of carbonyl (C=O) groups excluding carboxylic acids is 2. The lowest BCUT2D eigenvalue weighted by molar-refractivity contribution is -0.386. The zero-order valence-corrected chi connectivity index (χ0v) is 14.1. The summed E-state index contributed by atoms with van der Waals surface area (Å²) >= 11 is 0. The first-order valence-corrected chi connectivity index (χ1v) is 7.61. The molecule has 0 bridgehead atoms. The molecule has 0 unspecified atom stereocenters. The summed E-state index contributed by atoms with van der Waals surface area (Å²) in [5, 5.41) is 13.9. The van der Waals surface area contributed by atoms with E-state index in [9.17, 15) is 19.7 Å². The number of amides is 1. The molecule has 0 saturated heterocycles. The highest BCUT2D eigenvalue weighted by Crippen LogP contribution is 2.29. The van der Waals surface area contributed by atoms with Crippen molar-refractivity contribution in [2.24, 2.45) is 0 Å². The number of anilines is 1. The molecule has 0 aliphatic carbocycles. The Kier molecular flexibility index (Phi) is 5.49. The molecule has 130 valence electrons. The summed E-state index contributed by atoms with van der Waals surface area (Å²) in [6.45, 7) is 5.24. The molecule has 0 aromatic heterocycles. The Bertz CT molecular complexity index is 812. The first-order valence-electron chi connectivity index (χ1n) is 7.61. The molecule has 2 aromatic rings. The van der Waals surface area contributed by atoms with Gasteiger partial charge in [0.25, 0.3) is 5.91 Å². The number of nitrogens with zero attached hydrogens (tertiary/aromatic N) is 1. The Morgan fingerprint density at radius 1 is 1.24 bits per heavy atom. The topological polar surface area (TPSA) is 98.5 Å². The van der Waals surface area contributed by atoms with Crippen LogP contribution >= 0.6 is 0 Å². The van der Waals surface area contributed by atoms with Crippen LogP contribution in [0.5, 0.6) is 5.75 Å². The maximum atomic E-state index is 12.4. The molecule has 25 heavy (non-hydrogen) atoms. The second-order valence-corrected chi connectivity index (χ2v) is 5.62. The average molecular weight is 342 g/mol. The molecule has 0 aliphatic heterocycles. The van der Waals surface area contributed by atoms with Crippen LogP contribution in [0.25, 0.3) is 0 Å². The maximum absolute atomic E-state index is 12.4. The Labute approximate surface area is 144 Å². The van der Waals surface area contributed by atoms with E-state index in [0.717, 1.165) is 17.2 Å². The third-order valence-electron chi connectivity index (χ3n) is 3.72. The minimum Gasteiger partial charge on any atom is -0.474 e. The number of carbonyl (C=O) groups is 2. The van der Waals surface area contributed by atoms with Gasteiger partial charge in [-0.05, 0) is 44.0 Å². The summed E-state index contributed by atoms with van der Waals surface area (Å²) in [7, 11) is 0. The summed E-state index contributed by atoms with van der Waals surface area (Å²) in [5.41, 5.74) is 2.29. The molecule has 0 heterocycles. The number of para-hydroxylation sites is 1. The van der Waals surface area contributed by atoms with Gasteiger partial charge in [-0.2, -0.15) is 0 Å². The number of nitrogens with one attached hydrogen (secondary N) is 1. The fraction of sp³-hybridized carbons (Fsp3) is 0.222. The van der Waals surface area contributed by atoms with Gasteiger partial charge >= 0.3 is 5.69 Å². The predicted molar refractivity (Wildman–Crippen MR) is 93.1 cm³/mol. The molecule has 1 amide bonds. The second kappa shape index (κ2) is 7.57. The molecule has 7 nitrogen and oxygen atoms in total. The molecule has 0 aliphatic rings. The van der Waals surface area contributed by atoms with Gasteiger partial charge < -0.3 is 10.1 Å². The molecule has 1 N–H and O–H groups in total. The van der Waals surface area contributed by atoms with Crippen molar-refractivity contribution in [3.63, 3.8) is 0 Å². The zero-order chi connectivity index (χ0) is 18.6. The highest BCUT2D eigenvalue weighted by atomic mass is 16.6. The van der Waals surface area contributed by atoms with Crippen LogP contribution in [0.15, 0.2) is 36.4 Å². The van der Waals surface area contributed by atoms with E-state index >= 15 is 0 Å². The largest absolute Gasteiger partial charge is 0.474 e. The third-order valence-corrected chi connectivity index (χ3v) is 3.72. The van der Waals surface area contributed by atoms with Gasteiger partial charge in [0.1, 0.15) is 6.29 Å². The Hall–Kier alpha value is -3.22. The van der Waals surface area contributed by atoms with Crippen LogP contribution in [0.1, 0.15) is 28.4 Å². The van der Waals surface area contributed by atoms with E-state index in [-0.39, 0.29) is 17.0 Å². The molecule has 0 spiro atoms. The molecular formula is C18H18N2O5. The van der Waals surface area contributed by atoms with Gasteiger partial charge in [-0.3, -0.25) is 19.7 Å². The van der Waals surface area contributed by atoms with Crippen molar-refractivity contribution < 1.29 is 19.2 Å². The summed E-state index contributed by atoms with van der Waals surface area (Å²) < 4.78 is 5.45. The van der Waals surface area contributed by atoms with Crippen LogP contribution < -0.4 is 10.1 Å². The minimum atomic E-state index is -0.959. The van der Waals surface area contributed by atoms with Crippen LogP contribution in [-0.2, 0) is 4.79 Å². The van der Waals surface area contributed by atoms with E-state index in [2.05, 4.69) is 5.32 Å². The Morgan fingerprint density at radius 2 is 1.88 bits per heavy atom. The number of nitro groups is 1. The van der Waals surface area contributed by atoms with Gasteiger partial charge in [-0.25, -0.2) is 0 Å². The van der Waals surface area contributed by atoms with Gasteiger partial charge in [0, 0.05) is 17.3 Å². The van der Waals surface area contributed by atoms with Crippen LogP contribution in [0, 0.1) is 24.0 Å². The molecule has 2 rings (SSSR count). The average Bonchev–Trinajstić information content (AvgIpc) is 2.58. The number of hydrogen-bond donors (Lipinski definition) is 1. The van der Waals surface area contributed by atoms with Crippen molar-refractivity contribution in [1.82, 2.24) is 0 Å². The van der Waals surface area contributed by atoms with Crippen molar-refractivity contribution in [2.75, 3.05) is 5.32 Å². The first kappa shape index (κ1) is 18.1. The molecule has 7 heteroatoms. The lowest BCUT2D eigenvalue weighted by Gasteiger charge is -2.17. The SMILES string of the molecule is Cc1cccc(C)c1NC(=O)[C@@H](C)Oc1ccc(C=O)cc1[N+](=O)[O-]. The van der Waals surface area contributed by atoms with E-state index in [1.165, 1.54) is 19.1 Å².